The van der Waals surface area contributed by atoms with Crippen molar-refractivity contribution in [2.45, 2.75) is 69.6 Å². The van der Waals surface area contributed by atoms with E-state index >= 15 is 0 Å². The summed E-state index contributed by atoms with van der Waals surface area (Å²) in [7, 11) is 0. The van der Waals surface area contributed by atoms with Gasteiger partial charge in [0.15, 0.2) is 0 Å². The van der Waals surface area contributed by atoms with Gasteiger partial charge in [-0.2, -0.15) is 0 Å². The van der Waals surface area contributed by atoms with Gasteiger partial charge in [0.05, 0.1) is 6.61 Å². The standard InChI is InChI=1S/C18H36N6O6/c1-11(15(26)24-14(18(29)30)7-3-5-9-20)22-17(28)13(6-2-4-8-19)23-16(27)12(21)10-25/h11-14,25H,2-10,19-21H2,1H3,(H,22,28)(H,23,27)(H,24,26)(H,29,30). The van der Waals surface area contributed by atoms with Crippen LogP contribution in [0.15, 0.2) is 0 Å². The van der Waals surface area contributed by atoms with Crippen molar-refractivity contribution in [2.24, 2.45) is 17.2 Å². The first kappa shape index (κ1) is 27.7. The van der Waals surface area contributed by atoms with E-state index in [1.807, 2.05) is 0 Å². The Hall–Kier alpha value is -2.28. The van der Waals surface area contributed by atoms with Crippen molar-refractivity contribution in [3.63, 3.8) is 0 Å². The van der Waals surface area contributed by atoms with Crippen LogP contribution < -0.4 is 33.2 Å². The number of carboxylic acids is 1. The maximum absolute atomic E-state index is 12.6. The number of unbranched alkanes of at least 4 members (excludes halogenated alkanes) is 2. The highest BCUT2D eigenvalue weighted by atomic mass is 16.4. The molecule has 0 radical (unpaired) electrons. The van der Waals surface area contributed by atoms with Crippen LogP contribution in [0.1, 0.15) is 45.4 Å². The monoisotopic (exact) mass is 432 g/mol. The molecule has 3 amide bonds. The van der Waals surface area contributed by atoms with Crippen LogP contribution in [0.4, 0.5) is 0 Å². The number of carboxylic acid groups (broad SMARTS) is 1. The quantitative estimate of drug-likeness (QED) is 0.117. The van der Waals surface area contributed by atoms with Crippen molar-refractivity contribution >= 4 is 23.7 Å². The van der Waals surface area contributed by atoms with Crippen molar-refractivity contribution in [3.05, 3.63) is 0 Å². The number of carbonyl (C=O) groups excluding carboxylic acids is 3. The highest BCUT2D eigenvalue weighted by Crippen LogP contribution is 2.04. The SMILES string of the molecule is CC(NC(=O)C(CCCCN)NC(=O)C(N)CO)C(=O)NC(CCCCN)C(=O)O. The van der Waals surface area contributed by atoms with Crippen molar-refractivity contribution in [2.75, 3.05) is 19.7 Å². The van der Waals surface area contributed by atoms with Gasteiger partial charge in [0.25, 0.3) is 0 Å². The molecule has 0 heterocycles. The average molecular weight is 433 g/mol. The van der Waals surface area contributed by atoms with Crippen molar-refractivity contribution in [1.29, 1.82) is 0 Å². The number of aliphatic hydroxyl groups is 1. The Kier molecular flexibility index (Phi) is 14.4. The summed E-state index contributed by atoms with van der Waals surface area (Å²) in [6.07, 6.45) is 2.83. The largest absolute Gasteiger partial charge is 0.480 e. The zero-order chi connectivity index (χ0) is 23.1. The number of hydrogen-bond acceptors (Lipinski definition) is 8. The summed E-state index contributed by atoms with van der Waals surface area (Å²) in [4.78, 5) is 48.1. The molecule has 0 saturated heterocycles. The molecule has 11 N–H and O–H groups in total. The second-order valence-corrected chi connectivity index (χ2v) is 7.05. The number of aliphatic hydroxyl groups excluding tert-OH is 1. The molecule has 0 aromatic carbocycles. The van der Waals surface area contributed by atoms with Gasteiger partial charge in [-0.15, -0.1) is 0 Å². The lowest BCUT2D eigenvalue weighted by molar-refractivity contribution is -0.142. The summed E-state index contributed by atoms with van der Waals surface area (Å²) in [5, 5.41) is 25.5. The van der Waals surface area contributed by atoms with Crippen LogP contribution in [0.2, 0.25) is 0 Å². The summed E-state index contributed by atoms with van der Waals surface area (Å²) in [6.45, 7) is 1.66. The van der Waals surface area contributed by atoms with E-state index in [1.165, 1.54) is 6.92 Å². The number of nitrogens with one attached hydrogen (secondary N) is 3. The molecule has 0 aromatic rings. The van der Waals surface area contributed by atoms with E-state index in [2.05, 4.69) is 16.0 Å². The molecule has 0 saturated carbocycles. The molecule has 0 fully saturated rings. The predicted octanol–water partition coefficient (Wildman–Crippen LogP) is -2.88. The minimum Gasteiger partial charge on any atom is -0.480 e. The molecule has 0 spiro atoms. The maximum Gasteiger partial charge on any atom is 0.326 e. The van der Waals surface area contributed by atoms with Crippen LogP contribution in [0, 0.1) is 0 Å². The van der Waals surface area contributed by atoms with Gasteiger partial charge in [-0.3, -0.25) is 14.4 Å². The van der Waals surface area contributed by atoms with Crippen LogP contribution in [0.5, 0.6) is 0 Å². The molecule has 0 aromatic heterocycles. The van der Waals surface area contributed by atoms with Crippen LogP contribution in [0.3, 0.4) is 0 Å². The lowest BCUT2D eigenvalue weighted by atomic mass is 10.1. The molecule has 0 aliphatic carbocycles. The Morgan fingerprint density at radius 2 is 1.30 bits per heavy atom. The Bertz CT molecular complexity index is 561. The highest BCUT2D eigenvalue weighted by molar-refractivity contribution is 5.93. The lowest BCUT2D eigenvalue weighted by Crippen LogP contribution is -2.56. The van der Waals surface area contributed by atoms with Crippen molar-refractivity contribution in [3.8, 4) is 0 Å². The van der Waals surface area contributed by atoms with Gasteiger partial charge in [0.2, 0.25) is 17.7 Å². The molecular weight excluding hydrogens is 396 g/mol. The van der Waals surface area contributed by atoms with Gasteiger partial charge in [-0.05, 0) is 58.5 Å². The van der Waals surface area contributed by atoms with Crippen LogP contribution >= 0.6 is 0 Å². The first-order chi connectivity index (χ1) is 14.2. The second-order valence-electron chi connectivity index (χ2n) is 7.05. The molecule has 12 nitrogen and oxygen atoms in total. The van der Waals surface area contributed by atoms with E-state index in [4.69, 9.17) is 22.3 Å². The van der Waals surface area contributed by atoms with Crippen LogP contribution in [-0.2, 0) is 19.2 Å². The Labute approximate surface area is 176 Å². The first-order valence-electron chi connectivity index (χ1n) is 10.1. The summed E-state index contributed by atoms with van der Waals surface area (Å²) in [6, 6.07) is -4.28. The van der Waals surface area contributed by atoms with Crippen LogP contribution in [0.25, 0.3) is 0 Å². The average Bonchev–Trinajstić information content (AvgIpc) is 2.71. The lowest BCUT2D eigenvalue weighted by Gasteiger charge is -2.23. The zero-order valence-electron chi connectivity index (χ0n) is 17.4. The second kappa shape index (κ2) is 15.5. The summed E-state index contributed by atoms with van der Waals surface area (Å²) >= 11 is 0. The third-order valence-corrected chi connectivity index (χ3v) is 4.43. The fourth-order valence-electron chi connectivity index (χ4n) is 2.55. The fourth-order valence-corrected chi connectivity index (χ4v) is 2.55. The van der Waals surface area contributed by atoms with Gasteiger partial charge in [0, 0.05) is 0 Å². The van der Waals surface area contributed by atoms with Gasteiger partial charge in [-0.25, -0.2) is 4.79 Å². The van der Waals surface area contributed by atoms with E-state index in [-0.39, 0.29) is 12.8 Å². The molecule has 4 atom stereocenters. The van der Waals surface area contributed by atoms with E-state index in [1.54, 1.807) is 0 Å². The summed E-state index contributed by atoms with van der Waals surface area (Å²) in [5.74, 6) is -3.16. The topological polar surface area (TPSA) is 223 Å². The molecule has 0 aliphatic rings. The third-order valence-electron chi connectivity index (χ3n) is 4.43. The van der Waals surface area contributed by atoms with E-state index in [0.29, 0.717) is 38.8 Å². The van der Waals surface area contributed by atoms with Crippen LogP contribution in [-0.4, -0.2) is 77.8 Å². The van der Waals surface area contributed by atoms with E-state index < -0.39 is 54.5 Å². The molecule has 30 heavy (non-hydrogen) atoms. The van der Waals surface area contributed by atoms with E-state index in [9.17, 15) is 24.3 Å². The van der Waals surface area contributed by atoms with Crippen molar-refractivity contribution in [1.82, 2.24) is 16.0 Å². The summed E-state index contributed by atoms with van der Waals surface area (Å²) < 4.78 is 0. The molecule has 0 aliphatic heterocycles. The Morgan fingerprint density at radius 3 is 1.77 bits per heavy atom. The predicted molar refractivity (Wildman–Crippen MR) is 110 cm³/mol. The molecule has 0 bridgehead atoms. The molecular formula is C18H36N6O6. The smallest absolute Gasteiger partial charge is 0.326 e. The van der Waals surface area contributed by atoms with Gasteiger partial charge in [0.1, 0.15) is 24.2 Å². The number of nitrogens with two attached hydrogens (primary N) is 3. The normalized spacial score (nSPS) is 14.8. The minimum absolute atomic E-state index is 0.218. The molecule has 174 valence electrons. The van der Waals surface area contributed by atoms with Gasteiger partial charge < -0.3 is 43.4 Å². The van der Waals surface area contributed by atoms with E-state index in [0.717, 1.165) is 0 Å². The van der Waals surface area contributed by atoms with Crippen molar-refractivity contribution < 1.29 is 29.4 Å². The number of aliphatic carboxylic acids is 1. The number of rotatable bonds is 16. The Morgan fingerprint density at radius 1 is 0.800 bits per heavy atom. The van der Waals surface area contributed by atoms with Gasteiger partial charge in [-0.1, -0.05) is 0 Å². The third kappa shape index (κ3) is 11.0. The molecule has 12 heteroatoms. The number of amides is 3. The fraction of sp³-hybridized carbons (Fsp3) is 0.778. The van der Waals surface area contributed by atoms with Gasteiger partial charge >= 0.3 is 5.97 Å². The maximum atomic E-state index is 12.6. The minimum atomic E-state index is -1.18. The first-order valence-corrected chi connectivity index (χ1v) is 10.1. The molecule has 0 rings (SSSR count). The zero-order valence-corrected chi connectivity index (χ0v) is 17.4. The highest BCUT2D eigenvalue weighted by Gasteiger charge is 2.27. The Balaban J connectivity index is 4.93. The summed E-state index contributed by atoms with van der Waals surface area (Å²) in [5.41, 5.74) is 16.3. The number of carbonyl (C=O) groups is 4. The number of hydrogen-bond donors (Lipinski definition) is 8. The molecule has 4 unspecified atom stereocenters.